The van der Waals surface area contributed by atoms with E-state index in [4.69, 9.17) is 21.3 Å². The van der Waals surface area contributed by atoms with Gasteiger partial charge in [-0.15, -0.1) is 11.8 Å². The zero-order valence-corrected chi connectivity index (χ0v) is 16.3. The highest BCUT2D eigenvalue weighted by atomic mass is 35.5. The molecule has 0 bridgehead atoms. The van der Waals surface area contributed by atoms with Gasteiger partial charge in [0.2, 0.25) is 11.5 Å². The van der Waals surface area contributed by atoms with Crippen molar-refractivity contribution < 1.29 is 14.5 Å². The zero-order chi connectivity index (χ0) is 19.0. The fourth-order valence-corrected chi connectivity index (χ4v) is 3.64. The molecule has 0 atom stereocenters. The first-order valence-electron chi connectivity index (χ1n) is 7.79. The molecule has 0 spiro atoms. The lowest BCUT2D eigenvalue weighted by molar-refractivity contribution is -0.204. The molecule has 1 aromatic carbocycles. The first-order valence-corrected chi connectivity index (χ1v) is 9.39. The maximum atomic E-state index is 12.7. The maximum Gasteiger partial charge on any atom is 0.254 e. The van der Waals surface area contributed by atoms with Crippen LogP contribution in [0.4, 0.5) is 0 Å². The summed E-state index contributed by atoms with van der Waals surface area (Å²) in [4.78, 5) is 39.2. The van der Waals surface area contributed by atoms with Crippen LogP contribution < -0.4 is 20.6 Å². The van der Waals surface area contributed by atoms with Crippen molar-refractivity contribution in [2.75, 3.05) is 13.3 Å². The predicted octanol–water partition coefficient (Wildman–Crippen LogP) is 2.83. The van der Waals surface area contributed by atoms with E-state index in [0.29, 0.717) is 28.2 Å². The molecule has 2 aromatic rings. The first-order chi connectivity index (χ1) is 12.3. The van der Waals surface area contributed by atoms with Gasteiger partial charge in [-0.25, -0.2) is 0 Å². The highest BCUT2D eigenvalue weighted by molar-refractivity contribution is 7.98. The Labute approximate surface area is 159 Å². The number of carbonyl (C=O) groups excluding carboxylic acids is 1. The minimum absolute atomic E-state index is 0.107. The fourth-order valence-electron chi connectivity index (χ4n) is 2.71. The minimum Gasteiger partial charge on any atom is -0.367 e. The van der Waals surface area contributed by atoms with Crippen LogP contribution in [-0.4, -0.2) is 29.4 Å². The molecular weight excluding hydrogens is 378 g/mol. The lowest BCUT2D eigenvalue weighted by Gasteiger charge is -2.12. The second kappa shape index (κ2) is 7.22. The summed E-state index contributed by atoms with van der Waals surface area (Å²) in [6.45, 7) is 3.67. The molecule has 0 radical (unpaired) electrons. The molecule has 138 valence electrons. The van der Waals surface area contributed by atoms with E-state index >= 15 is 0 Å². The quantitative estimate of drug-likeness (QED) is 0.774. The Balaban J connectivity index is 1.86. The third-order valence-corrected chi connectivity index (χ3v) is 5.08. The van der Waals surface area contributed by atoms with Crippen molar-refractivity contribution in [3.63, 3.8) is 0 Å². The van der Waals surface area contributed by atoms with Crippen molar-refractivity contribution in [2.45, 2.75) is 25.3 Å². The third kappa shape index (κ3) is 3.40. The first kappa shape index (κ1) is 18.6. The number of rotatable bonds is 4. The van der Waals surface area contributed by atoms with E-state index in [0.717, 1.165) is 10.6 Å². The summed E-state index contributed by atoms with van der Waals surface area (Å²) in [7, 11) is 1.59. The number of H-pyrrole nitrogens is 1. The van der Waals surface area contributed by atoms with Gasteiger partial charge in [-0.3, -0.25) is 9.59 Å². The number of aromatic nitrogens is 1. The van der Waals surface area contributed by atoms with Gasteiger partial charge in [0.05, 0.1) is 12.1 Å². The molecule has 0 aliphatic carbocycles. The number of hydrogen-bond donors (Lipinski definition) is 2. The Hall–Kier alpha value is -2.16. The Morgan fingerprint density at radius 1 is 1.31 bits per heavy atom. The number of pyridine rings is 1. The van der Waals surface area contributed by atoms with Gasteiger partial charge in [0.25, 0.3) is 11.5 Å². The number of hydrogen-bond acceptors (Lipinski definition) is 6. The van der Waals surface area contributed by atoms with Crippen LogP contribution in [0.25, 0.3) is 0 Å². The van der Waals surface area contributed by atoms with E-state index < -0.39 is 0 Å². The van der Waals surface area contributed by atoms with Gasteiger partial charge in [0, 0.05) is 39.1 Å². The number of aryl methyl sites for hydroxylation is 1. The standard InChI is InChI=1S/C17H18ClN3O4S/c1-8-5-13(26-4)11(17(23)20-8)7-19-16(22)10-6-12(18)15-14(9(10)2)24-21(3)25-15/h5-6H,7H2,1-4H3,(H,19,22)(H,20,23). The van der Waals surface area contributed by atoms with E-state index in [-0.39, 0.29) is 23.0 Å². The molecule has 3 rings (SSSR count). The van der Waals surface area contributed by atoms with Gasteiger partial charge >= 0.3 is 0 Å². The highest BCUT2D eigenvalue weighted by Gasteiger charge is 2.29. The van der Waals surface area contributed by atoms with Gasteiger partial charge in [-0.1, -0.05) is 11.6 Å². The van der Waals surface area contributed by atoms with Crippen molar-refractivity contribution in [3.8, 4) is 11.5 Å². The predicted molar refractivity (Wildman–Crippen MR) is 100.0 cm³/mol. The number of aromatic amines is 1. The zero-order valence-electron chi connectivity index (χ0n) is 14.7. The Morgan fingerprint density at radius 3 is 2.69 bits per heavy atom. The lowest BCUT2D eigenvalue weighted by atomic mass is 10.1. The van der Waals surface area contributed by atoms with Crippen LogP contribution in [0.15, 0.2) is 21.8 Å². The molecule has 0 fully saturated rings. The maximum absolute atomic E-state index is 12.7. The van der Waals surface area contributed by atoms with Crippen molar-refractivity contribution in [2.24, 2.45) is 0 Å². The molecular formula is C17H18ClN3O4S. The van der Waals surface area contributed by atoms with Crippen molar-refractivity contribution >= 4 is 29.3 Å². The smallest absolute Gasteiger partial charge is 0.254 e. The topological polar surface area (TPSA) is 83.7 Å². The Morgan fingerprint density at radius 2 is 2.00 bits per heavy atom. The summed E-state index contributed by atoms with van der Waals surface area (Å²) in [6, 6.07) is 3.41. The summed E-state index contributed by atoms with van der Waals surface area (Å²) >= 11 is 7.65. The largest absolute Gasteiger partial charge is 0.367 e. The average molecular weight is 396 g/mol. The normalized spacial score (nSPS) is 13.1. The Kier molecular flexibility index (Phi) is 5.17. The van der Waals surface area contributed by atoms with Gasteiger partial charge < -0.3 is 20.0 Å². The average Bonchev–Trinajstić information content (AvgIpc) is 2.99. The molecule has 1 amide bonds. The van der Waals surface area contributed by atoms with Crippen LogP contribution in [0.1, 0.15) is 27.2 Å². The van der Waals surface area contributed by atoms with E-state index in [1.54, 1.807) is 14.0 Å². The molecule has 1 aliphatic heterocycles. The fraction of sp³-hybridized carbons (Fsp3) is 0.294. The second-order valence-corrected chi connectivity index (χ2v) is 7.08. The van der Waals surface area contributed by atoms with Crippen LogP contribution >= 0.6 is 23.4 Å². The van der Waals surface area contributed by atoms with Crippen molar-refractivity contribution in [1.82, 2.24) is 15.5 Å². The van der Waals surface area contributed by atoms with Crippen LogP contribution in [0.5, 0.6) is 11.5 Å². The summed E-state index contributed by atoms with van der Waals surface area (Å²) in [6.07, 6.45) is 1.89. The molecule has 7 nitrogen and oxygen atoms in total. The summed E-state index contributed by atoms with van der Waals surface area (Å²) in [5.41, 5.74) is 2.05. The number of nitrogens with one attached hydrogen (secondary N) is 2. The molecule has 1 aliphatic rings. The van der Waals surface area contributed by atoms with Gasteiger partial charge in [0.15, 0.2) is 0 Å². The van der Waals surface area contributed by atoms with Gasteiger partial charge in [-0.2, -0.15) is 0 Å². The molecule has 2 N–H and O–H groups in total. The molecule has 9 heteroatoms. The molecule has 1 aromatic heterocycles. The number of fused-ring (bicyclic) bond motifs is 1. The SMILES string of the molecule is CSc1cc(C)[nH]c(=O)c1CNC(=O)c1cc(Cl)c2c(c1C)ON(C)O2. The number of nitrogens with zero attached hydrogens (tertiary/aromatic N) is 1. The third-order valence-electron chi connectivity index (χ3n) is 4.00. The Bertz CT molecular complexity index is 945. The van der Waals surface area contributed by atoms with Crippen LogP contribution in [-0.2, 0) is 6.54 Å². The summed E-state index contributed by atoms with van der Waals surface area (Å²) < 4.78 is 0. The number of carbonyl (C=O) groups is 1. The monoisotopic (exact) mass is 395 g/mol. The molecule has 0 saturated carbocycles. The number of hydroxylamine groups is 2. The number of amides is 1. The summed E-state index contributed by atoms with van der Waals surface area (Å²) in [5, 5.41) is 4.22. The second-order valence-electron chi connectivity index (χ2n) is 5.82. The lowest BCUT2D eigenvalue weighted by Crippen LogP contribution is -2.28. The minimum atomic E-state index is -0.350. The van der Waals surface area contributed by atoms with E-state index in [1.807, 2.05) is 19.2 Å². The number of halogens is 1. The van der Waals surface area contributed by atoms with Gasteiger partial charge in [0.1, 0.15) is 0 Å². The summed E-state index contributed by atoms with van der Waals surface area (Å²) in [5.74, 6) is 0.434. The highest BCUT2D eigenvalue weighted by Crippen LogP contribution is 2.44. The van der Waals surface area contributed by atoms with E-state index in [1.165, 1.54) is 23.1 Å². The van der Waals surface area contributed by atoms with Crippen molar-refractivity contribution in [3.05, 3.63) is 49.9 Å². The molecule has 26 heavy (non-hydrogen) atoms. The van der Waals surface area contributed by atoms with Gasteiger partial charge in [-0.05, 0) is 32.2 Å². The van der Waals surface area contributed by atoms with Crippen LogP contribution in [0, 0.1) is 13.8 Å². The van der Waals surface area contributed by atoms with Crippen molar-refractivity contribution in [1.29, 1.82) is 0 Å². The van der Waals surface area contributed by atoms with E-state index in [9.17, 15) is 9.59 Å². The molecule has 0 saturated heterocycles. The van der Waals surface area contributed by atoms with E-state index in [2.05, 4.69) is 10.3 Å². The molecule has 2 heterocycles. The number of benzene rings is 1. The van der Waals surface area contributed by atoms with Crippen LogP contribution in [0.3, 0.4) is 0 Å². The van der Waals surface area contributed by atoms with Crippen LogP contribution in [0.2, 0.25) is 5.02 Å². The number of thioether (sulfide) groups is 1. The molecule has 0 unspecified atom stereocenters.